The molecule has 1 aromatic rings. The zero-order valence-electron chi connectivity index (χ0n) is 14.9. The van der Waals surface area contributed by atoms with Crippen molar-refractivity contribution in [1.29, 1.82) is 0 Å². The molecule has 0 aromatic heterocycles. The maximum absolute atomic E-state index is 12.5. The summed E-state index contributed by atoms with van der Waals surface area (Å²) in [6, 6.07) is 8.21. The second-order valence-corrected chi connectivity index (χ2v) is 7.72. The number of nitrogens with one attached hydrogen (secondary N) is 1. The molecule has 0 aliphatic carbocycles. The van der Waals surface area contributed by atoms with Gasteiger partial charge < -0.3 is 15.1 Å². The first kappa shape index (κ1) is 18.1. The molecule has 2 fully saturated rings. The van der Waals surface area contributed by atoms with E-state index in [9.17, 15) is 9.59 Å². The highest BCUT2D eigenvalue weighted by molar-refractivity contribution is 7.97. The molecule has 1 N–H and O–H groups in total. The highest BCUT2D eigenvalue weighted by atomic mass is 32.2. The van der Waals surface area contributed by atoms with Crippen LogP contribution in [0.25, 0.3) is 0 Å². The molecule has 136 valence electrons. The zero-order chi connectivity index (χ0) is 17.6. The molecule has 0 atom stereocenters. The molecule has 25 heavy (non-hydrogen) atoms. The van der Waals surface area contributed by atoms with Gasteiger partial charge in [-0.15, -0.1) is 0 Å². The number of piperidine rings is 1. The third-order valence-electron chi connectivity index (χ3n) is 5.05. The monoisotopic (exact) mass is 361 g/mol. The van der Waals surface area contributed by atoms with Crippen LogP contribution in [0.3, 0.4) is 0 Å². The Morgan fingerprint density at radius 2 is 1.64 bits per heavy atom. The van der Waals surface area contributed by atoms with Crippen molar-refractivity contribution < 1.29 is 9.59 Å². The number of urea groups is 1. The zero-order valence-corrected chi connectivity index (χ0v) is 15.7. The lowest BCUT2D eigenvalue weighted by molar-refractivity contribution is -0.121. The number of likely N-dealkylation sites (tertiary alicyclic amines) is 2. The predicted molar refractivity (Wildman–Crippen MR) is 103 cm³/mol. The molecule has 0 saturated carbocycles. The van der Waals surface area contributed by atoms with E-state index in [4.69, 9.17) is 0 Å². The minimum Gasteiger partial charge on any atom is -0.326 e. The summed E-state index contributed by atoms with van der Waals surface area (Å²) in [7, 11) is 0. The fourth-order valence-electron chi connectivity index (χ4n) is 3.54. The Bertz CT molecular complexity index is 591. The van der Waals surface area contributed by atoms with Gasteiger partial charge in [0, 0.05) is 43.5 Å². The minimum atomic E-state index is -0.00602. The Hall–Kier alpha value is -1.69. The first-order chi connectivity index (χ1) is 12.2. The Kier molecular flexibility index (Phi) is 6.24. The second kappa shape index (κ2) is 8.61. The third kappa shape index (κ3) is 4.69. The number of hydrogen-bond donors (Lipinski definition) is 1. The molecule has 2 saturated heterocycles. The highest BCUT2D eigenvalue weighted by Gasteiger charge is 2.30. The minimum absolute atomic E-state index is 0.00602. The summed E-state index contributed by atoms with van der Waals surface area (Å²) in [5, 5.41) is 3.02. The maximum Gasteiger partial charge on any atom is 0.319 e. The lowest BCUT2D eigenvalue weighted by Crippen LogP contribution is -2.47. The molecular weight excluding hydrogens is 334 g/mol. The van der Waals surface area contributed by atoms with Crippen molar-refractivity contribution in [2.75, 3.05) is 37.8 Å². The van der Waals surface area contributed by atoms with Crippen molar-refractivity contribution in [3.8, 4) is 0 Å². The number of nitrogens with zero attached hydrogens (tertiary/aromatic N) is 2. The molecule has 5 nitrogen and oxygen atoms in total. The topological polar surface area (TPSA) is 52.7 Å². The number of anilines is 1. The normalized spacial score (nSPS) is 18.4. The lowest BCUT2D eigenvalue weighted by Gasteiger charge is -2.34. The number of amides is 3. The van der Waals surface area contributed by atoms with Crippen molar-refractivity contribution in [2.45, 2.75) is 31.4 Å². The van der Waals surface area contributed by atoms with Crippen molar-refractivity contribution in [3.05, 3.63) is 29.8 Å². The largest absolute Gasteiger partial charge is 0.326 e. The van der Waals surface area contributed by atoms with Crippen molar-refractivity contribution >= 4 is 29.4 Å². The fraction of sp³-hybridized carbons (Fsp3) is 0.579. The van der Waals surface area contributed by atoms with Gasteiger partial charge in [-0.1, -0.05) is 12.1 Å². The van der Waals surface area contributed by atoms with E-state index < -0.39 is 0 Å². The van der Waals surface area contributed by atoms with E-state index in [1.54, 1.807) is 11.8 Å². The van der Waals surface area contributed by atoms with Crippen LogP contribution in [0.15, 0.2) is 24.3 Å². The van der Waals surface area contributed by atoms with E-state index in [-0.39, 0.29) is 17.9 Å². The van der Waals surface area contributed by atoms with Gasteiger partial charge in [-0.3, -0.25) is 4.79 Å². The highest BCUT2D eigenvalue weighted by Crippen LogP contribution is 2.22. The lowest BCUT2D eigenvalue weighted by atomic mass is 9.96. The van der Waals surface area contributed by atoms with Gasteiger partial charge in [0.2, 0.25) is 5.91 Å². The van der Waals surface area contributed by atoms with Crippen molar-refractivity contribution in [1.82, 2.24) is 9.80 Å². The summed E-state index contributed by atoms with van der Waals surface area (Å²) >= 11 is 1.79. The third-order valence-corrected chi connectivity index (χ3v) is 5.67. The van der Waals surface area contributed by atoms with E-state index >= 15 is 0 Å². The van der Waals surface area contributed by atoms with E-state index in [0.717, 1.165) is 50.2 Å². The molecule has 2 aliphatic heterocycles. The summed E-state index contributed by atoms with van der Waals surface area (Å²) in [6.07, 6.45) is 5.79. The molecule has 1 aromatic carbocycles. The molecule has 3 amide bonds. The first-order valence-electron chi connectivity index (χ1n) is 9.10. The van der Waals surface area contributed by atoms with Gasteiger partial charge in [0.05, 0.1) is 0 Å². The van der Waals surface area contributed by atoms with Gasteiger partial charge >= 0.3 is 6.03 Å². The van der Waals surface area contributed by atoms with Crippen LogP contribution in [0.1, 0.15) is 31.2 Å². The van der Waals surface area contributed by atoms with E-state index in [0.29, 0.717) is 13.1 Å². The number of benzene rings is 1. The maximum atomic E-state index is 12.5. The number of thioether (sulfide) groups is 1. The molecular formula is C19H27N3O2S. The molecule has 0 bridgehead atoms. The summed E-state index contributed by atoms with van der Waals surface area (Å²) < 4.78 is 0. The number of carbonyl (C=O) groups excluding carboxylic acids is 2. The standard InChI is InChI=1S/C19H27N3O2S/c1-25-14-15-4-6-17(7-5-15)20-18(23)16-8-12-22(13-9-16)19(24)21-10-2-3-11-21/h4-7,16H,2-3,8-14H2,1H3,(H,20,23). The van der Waals surface area contributed by atoms with Gasteiger partial charge in [-0.05, 0) is 49.6 Å². The predicted octanol–water partition coefficient (Wildman–Crippen LogP) is 3.42. The van der Waals surface area contributed by atoms with Crippen molar-refractivity contribution in [2.24, 2.45) is 5.92 Å². The van der Waals surface area contributed by atoms with Gasteiger partial charge in [-0.25, -0.2) is 4.79 Å². The van der Waals surface area contributed by atoms with Crippen LogP contribution >= 0.6 is 11.8 Å². The number of rotatable bonds is 4. The molecule has 0 radical (unpaired) electrons. The van der Waals surface area contributed by atoms with Crippen LogP contribution in [-0.4, -0.2) is 54.2 Å². The quantitative estimate of drug-likeness (QED) is 0.894. The van der Waals surface area contributed by atoms with Crippen LogP contribution in [0, 0.1) is 5.92 Å². The average Bonchev–Trinajstić information content (AvgIpc) is 3.18. The molecule has 2 aliphatic rings. The van der Waals surface area contributed by atoms with E-state index in [1.807, 2.05) is 21.9 Å². The van der Waals surface area contributed by atoms with E-state index in [1.165, 1.54) is 5.56 Å². The summed E-state index contributed by atoms with van der Waals surface area (Å²) in [6.45, 7) is 3.12. The summed E-state index contributed by atoms with van der Waals surface area (Å²) in [5.74, 6) is 1.05. The SMILES string of the molecule is CSCc1ccc(NC(=O)C2CCN(C(=O)N3CCCC3)CC2)cc1. The fourth-order valence-corrected chi connectivity index (χ4v) is 4.06. The van der Waals surface area contributed by atoms with Crippen LogP contribution in [0.5, 0.6) is 0 Å². The molecule has 0 spiro atoms. The Morgan fingerprint density at radius 3 is 2.24 bits per heavy atom. The average molecular weight is 362 g/mol. The first-order valence-corrected chi connectivity index (χ1v) is 10.5. The van der Waals surface area contributed by atoms with E-state index in [2.05, 4.69) is 23.7 Å². The Labute approximate surface area is 154 Å². The van der Waals surface area contributed by atoms with Crippen LogP contribution in [-0.2, 0) is 10.5 Å². The van der Waals surface area contributed by atoms with Crippen LogP contribution in [0.2, 0.25) is 0 Å². The van der Waals surface area contributed by atoms with Gasteiger partial charge in [-0.2, -0.15) is 11.8 Å². The number of hydrogen-bond acceptors (Lipinski definition) is 3. The smallest absolute Gasteiger partial charge is 0.319 e. The van der Waals surface area contributed by atoms with Gasteiger partial charge in [0.15, 0.2) is 0 Å². The number of carbonyl (C=O) groups is 2. The van der Waals surface area contributed by atoms with Gasteiger partial charge in [0.25, 0.3) is 0 Å². The summed E-state index contributed by atoms with van der Waals surface area (Å²) in [4.78, 5) is 28.7. The molecule has 6 heteroatoms. The molecule has 2 heterocycles. The Balaban J connectivity index is 1.47. The van der Waals surface area contributed by atoms with Crippen LogP contribution in [0.4, 0.5) is 10.5 Å². The van der Waals surface area contributed by atoms with Crippen LogP contribution < -0.4 is 5.32 Å². The Morgan fingerprint density at radius 1 is 1.04 bits per heavy atom. The molecule has 0 unspecified atom stereocenters. The molecule has 3 rings (SSSR count). The van der Waals surface area contributed by atoms with Gasteiger partial charge in [0.1, 0.15) is 0 Å². The summed E-state index contributed by atoms with van der Waals surface area (Å²) in [5.41, 5.74) is 2.12. The van der Waals surface area contributed by atoms with Crippen molar-refractivity contribution in [3.63, 3.8) is 0 Å². The second-order valence-electron chi connectivity index (χ2n) is 6.86.